The van der Waals surface area contributed by atoms with Crippen LogP contribution in [-0.2, 0) is 4.79 Å². The van der Waals surface area contributed by atoms with Gasteiger partial charge in [0.2, 0.25) is 0 Å². The molecule has 0 bridgehead atoms. The quantitative estimate of drug-likeness (QED) is 0.509. The number of urea groups is 1. The molecule has 1 aromatic carbocycles. The summed E-state index contributed by atoms with van der Waals surface area (Å²) in [5.41, 5.74) is 5.25. The first-order valence-electron chi connectivity index (χ1n) is 6.95. The molecule has 0 aliphatic heterocycles. The van der Waals surface area contributed by atoms with E-state index in [1.54, 1.807) is 0 Å². The van der Waals surface area contributed by atoms with Gasteiger partial charge in [-0.05, 0) is 49.6 Å². The van der Waals surface area contributed by atoms with Gasteiger partial charge >= 0.3 is 6.03 Å². The number of nitrogens with two attached hydrogens (primary N) is 1. The standard InChI is InChI=1S/C15H19F2N3O2/c16-11-6-8-12(9-7-11)20-15(22)19-10-4-2-1-3-5-13(17)14(18)21/h5-9H,1-4,10H2,(H2,18,21)(H2,19,20,22)/b13-5+. The summed E-state index contributed by atoms with van der Waals surface area (Å²) in [4.78, 5) is 21.9. The van der Waals surface area contributed by atoms with Gasteiger partial charge in [0.05, 0.1) is 0 Å². The molecule has 4 N–H and O–H groups in total. The SMILES string of the molecule is NC(=O)/C(F)=C\CCCCCNC(=O)Nc1ccc(F)cc1. The summed E-state index contributed by atoms with van der Waals surface area (Å²) < 4.78 is 25.4. The van der Waals surface area contributed by atoms with Gasteiger partial charge in [0.15, 0.2) is 5.83 Å². The number of hydrogen-bond donors (Lipinski definition) is 3. The molecule has 0 heterocycles. The van der Waals surface area contributed by atoms with Crippen LogP contribution in [0.2, 0.25) is 0 Å². The van der Waals surface area contributed by atoms with Gasteiger partial charge in [-0.1, -0.05) is 6.42 Å². The van der Waals surface area contributed by atoms with Crippen molar-refractivity contribution in [1.29, 1.82) is 0 Å². The monoisotopic (exact) mass is 311 g/mol. The maximum absolute atomic E-state index is 12.7. The predicted molar refractivity (Wildman–Crippen MR) is 80.3 cm³/mol. The molecule has 0 spiro atoms. The number of rotatable bonds is 8. The van der Waals surface area contributed by atoms with Crippen molar-refractivity contribution >= 4 is 17.6 Å². The summed E-state index contributed by atoms with van der Waals surface area (Å²) in [5, 5.41) is 5.23. The van der Waals surface area contributed by atoms with E-state index in [4.69, 9.17) is 5.73 Å². The van der Waals surface area contributed by atoms with Crippen LogP contribution in [0.25, 0.3) is 0 Å². The average molecular weight is 311 g/mol. The molecule has 0 atom stereocenters. The summed E-state index contributed by atoms with van der Waals surface area (Å²) in [5.74, 6) is -2.34. The number of allylic oxidation sites excluding steroid dienone is 1. The Morgan fingerprint density at radius 3 is 2.45 bits per heavy atom. The fourth-order valence-electron chi connectivity index (χ4n) is 1.69. The van der Waals surface area contributed by atoms with E-state index in [0.29, 0.717) is 25.1 Å². The lowest BCUT2D eigenvalue weighted by atomic mass is 10.2. The molecular weight excluding hydrogens is 292 g/mol. The zero-order valence-corrected chi connectivity index (χ0v) is 12.1. The second-order valence-corrected chi connectivity index (χ2v) is 4.65. The fourth-order valence-corrected chi connectivity index (χ4v) is 1.69. The Hall–Kier alpha value is -2.44. The Bertz CT molecular complexity index is 530. The summed E-state index contributed by atoms with van der Waals surface area (Å²) >= 11 is 0. The molecule has 0 saturated carbocycles. The molecular formula is C15H19F2N3O2. The molecule has 5 nitrogen and oxygen atoms in total. The van der Waals surface area contributed by atoms with E-state index in [9.17, 15) is 18.4 Å². The second-order valence-electron chi connectivity index (χ2n) is 4.65. The second kappa shape index (κ2) is 9.49. The van der Waals surface area contributed by atoms with Crippen LogP contribution in [0.15, 0.2) is 36.2 Å². The maximum atomic E-state index is 12.7. The van der Waals surface area contributed by atoms with Gasteiger partial charge in [-0.25, -0.2) is 13.6 Å². The largest absolute Gasteiger partial charge is 0.364 e. The minimum absolute atomic E-state index is 0.368. The predicted octanol–water partition coefficient (Wildman–Crippen LogP) is 2.85. The minimum Gasteiger partial charge on any atom is -0.364 e. The van der Waals surface area contributed by atoms with Crippen LogP contribution in [0.3, 0.4) is 0 Å². The highest BCUT2D eigenvalue weighted by Crippen LogP contribution is 2.08. The van der Waals surface area contributed by atoms with Crippen LogP contribution in [0.1, 0.15) is 25.7 Å². The Morgan fingerprint density at radius 2 is 1.82 bits per heavy atom. The van der Waals surface area contributed by atoms with Crippen molar-refractivity contribution in [3.63, 3.8) is 0 Å². The third-order valence-corrected chi connectivity index (χ3v) is 2.83. The topological polar surface area (TPSA) is 84.2 Å². The van der Waals surface area contributed by atoms with E-state index in [1.165, 1.54) is 24.3 Å². The zero-order chi connectivity index (χ0) is 16.4. The molecule has 1 rings (SSSR count). The third-order valence-electron chi connectivity index (χ3n) is 2.83. The first-order valence-corrected chi connectivity index (χ1v) is 6.95. The molecule has 0 aliphatic rings. The van der Waals surface area contributed by atoms with Crippen molar-refractivity contribution < 1.29 is 18.4 Å². The van der Waals surface area contributed by atoms with Crippen molar-refractivity contribution in [3.8, 4) is 0 Å². The number of anilines is 1. The number of carbonyl (C=O) groups excluding carboxylic acids is 2. The molecule has 0 saturated heterocycles. The van der Waals surface area contributed by atoms with E-state index in [-0.39, 0.29) is 11.8 Å². The zero-order valence-electron chi connectivity index (χ0n) is 12.1. The van der Waals surface area contributed by atoms with Crippen molar-refractivity contribution in [2.24, 2.45) is 5.73 Å². The van der Waals surface area contributed by atoms with Crippen LogP contribution >= 0.6 is 0 Å². The molecule has 7 heteroatoms. The summed E-state index contributed by atoms with van der Waals surface area (Å²) in [6.45, 7) is 0.467. The Balaban J connectivity index is 2.09. The molecule has 0 unspecified atom stereocenters. The summed E-state index contributed by atoms with van der Waals surface area (Å²) in [7, 11) is 0. The van der Waals surface area contributed by atoms with Crippen LogP contribution in [0.5, 0.6) is 0 Å². The van der Waals surface area contributed by atoms with Gasteiger partial charge < -0.3 is 16.4 Å². The molecule has 0 aliphatic carbocycles. The Kier molecular flexibility index (Phi) is 7.60. The normalized spacial score (nSPS) is 11.1. The van der Waals surface area contributed by atoms with Gasteiger partial charge in [-0.2, -0.15) is 0 Å². The van der Waals surface area contributed by atoms with Crippen molar-refractivity contribution in [3.05, 3.63) is 42.0 Å². The van der Waals surface area contributed by atoms with Gasteiger partial charge in [-0.15, -0.1) is 0 Å². The van der Waals surface area contributed by atoms with Gasteiger partial charge in [0, 0.05) is 12.2 Å². The highest BCUT2D eigenvalue weighted by molar-refractivity contribution is 5.89. The molecule has 22 heavy (non-hydrogen) atoms. The number of halogens is 2. The lowest BCUT2D eigenvalue weighted by molar-refractivity contribution is -0.115. The van der Waals surface area contributed by atoms with Gasteiger partial charge in [0.25, 0.3) is 5.91 Å². The van der Waals surface area contributed by atoms with Crippen LogP contribution < -0.4 is 16.4 Å². The lowest BCUT2D eigenvalue weighted by Crippen LogP contribution is -2.29. The molecule has 120 valence electrons. The van der Waals surface area contributed by atoms with E-state index < -0.39 is 11.7 Å². The van der Waals surface area contributed by atoms with E-state index >= 15 is 0 Å². The molecule has 0 radical (unpaired) electrons. The summed E-state index contributed by atoms with van der Waals surface area (Å²) in [6.07, 6.45) is 3.79. The number of benzene rings is 1. The van der Waals surface area contributed by atoms with E-state index in [1.807, 2.05) is 0 Å². The fraction of sp³-hybridized carbons (Fsp3) is 0.333. The van der Waals surface area contributed by atoms with Crippen molar-refractivity contribution in [2.45, 2.75) is 25.7 Å². The molecule has 0 aromatic heterocycles. The number of primary amides is 1. The van der Waals surface area contributed by atoms with Crippen LogP contribution in [0, 0.1) is 5.82 Å². The van der Waals surface area contributed by atoms with Crippen molar-refractivity contribution in [2.75, 3.05) is 11.9 Å². The maximum Gasteiger partial charge on any atom is 0.319 e. The minimum atomic E-state index is -1.06. The van der Waals surface area contributed by atoms with E-state index in [2.05, 4.69) is 10.6 Å². The third kappa shape index (κ3) is 7.37. The highest BCUT2D eigenvalue weighted by atomic mass is 19.1. The summed E-state index contributed by atoms with van der Waals surface area (Å²) in [6, 6.07) is 5.08. The van der Waals surface area contributed by atoms with Gasteiger partial charge in [-0.3, -0.25) is 4.79 Å². The molecule has 1 aromatic rings. The molecule has 3 amide bonds. The Labute approximate surface area is 127 Å². The number of hydrogen-bond acceptors (Lipinski definition) is 2. The van der Waals surface area contributed by atoms with Crippen molar-refractivity contribution in [1.82, 2.24) is 5.32 Å². The average Bonchev–Trinajstić information content (AvgIpc) is 2.48. The van der Waals surface area contributed by atoms with Gasteiger partial charge in [0.1, 0.15) is 5.82 Å². The molecule has 0 fully saturated rings. The lowest BCUT2D eigenvalue weighted by Gasteiger charge is -2.07. The highest BCUT2D eigenvalue weighted by Gasteiger charge is 2.02. The van der Waals surface area contributed by atoms with Crippen LogP contribution in [0.4, 0.5) is 19.3 Å². The van der Waals surface area contributed by atoms with Crippen LogP contribution in [-0.4, -0.2) is 18.5 Å². The smallest absolute Gasteiger partial charge is 0.319 e. The number of unbranched alkanes of at least 4 members (excludes halogenated alkanes) is 3. The first kappa shape index (κ1) is 17.6. The number of nitrogens with one attached hydrogen (secondary N) is 2. The Morgan fingerprint density at radius 1 is 1.14 bits per heavy atom. The van der Waals surface area contributed by atoms with E-state index in [0.717, 1.165) is 18.9 Å². The number of amides is 3. The number of carbonyl (C=O) groups is 2. The first-order chi connectivity index (χ1) is 10.5.